The number of fused-ring (bicyclic) bond motifs is 1. The molecule has 0 atom stereocenters. The van der Waals surface area contributed by atoms with E-state index in [1.54, 1.807) is 0 Å². The molecule has 104 valence electrons. The van der Waals surface area contributed by atoms with Crippen LogP contribution in [0.1, 0.15) is 18.4 Å². The summed E-state index contributed by atoms with van der Waals surface area (Å²) in [7, 11) is 0. The highest BCUT2D eigenvalue weighted by Crippen LogP contribution is 2.29. The second-order valence-electron chi connectivity index (χ2n) is 5.45. The van der Waals surface area contributed by atoms with Crippen LogP contribution in [0.2, 0.25) is 0 Å². The third-order valence-corrected chi connectivity index (χ3v) is 4.11. The van der Waals surface area contributed by atoms with Crippen LogP contribution in [0.3, 0.4) is 0 Å². The standard InChI is InChI=1S/C18H22N2/c19-11-4-12-20-13-9-16(10-14-20)18-8-3-6-15-5-1-2-7-17(15)18/h1-3,5-9H,4,10-14,19H2. The van der Waals surface area contributed by atoms with E-state index in [4.69, 9.17) is 5.73 Å². The number of nitrogens with two attached hydrogens (primary N) is 1. The van der Waals surface area contributed by atoms with Crippen LogP contribution in [-0.4, -0.2) is 31.1 Å². The number of nitrogens with zero attached hydrogens (tertiary/aromatic N) is 1. The van der Waals surface area contributed by atoms with Crippen LogP contribution < -0.4 is 5.73 Å². The first-order valence-corrected chi connectivity index (χ1v) is 7.48. The molecule has 20 heavy (non-hydrogen) atoms. The van der Waals surface area contributed by atoms with E-state index in [9.17, 15) is 0 Å². The Morgan fingerprint density at radius 1 is 1.05 bits per heavy atom. The second-order valence-corrected chi connectivity index (χ2v) is 5.45. The van der Waals surface area contributed by atoms with Crippen LogP contribution in [0.4, 0.5) is 0 Å². The molecule has 0 radical (unpaired) electrons. The number of hydrogen-bond acceptors (Lipinski definition) is 2. The Bertz CT molecular complexity index is 610. The Morgan fingerprint density at radius 3 is 2.70 bits per heavy atom. The zero-order chi connectivity index (χ0) is 13.8. The van der Waals surface area contributed by atoms with Crippen molar-refractivity contribution in [1.29, 1.82) is 0 Å². The predicted molar refractivity (Wildman–Crippen MR) is 86.7 cm³/mol. The van der Waals surface area contributed by atoms with Gasteiger partial charge in [-0.05, 0) is 47.8 Å². The molecule has 0 saturated heterocycles. The minimum atomic E-state index is 0.788. The Hall–Kier alpha value is -1.64. The lowest BCUT2D eigenvalue weighted by atomic mass is 9.94. The minimum Gasteiger partial charge on any atom is -0.330 e. The van der Waals surface area contributed by atoms with Crippen LogP contribution in [0.5, 0.6) is 0 Å². The smallest absolute Gasteiger partial charge is 0.0169 e. The SMILES string of the molecule is NCCCN1CC=C(c2cccc3ccccc23)CC1. The van der Waals surface area contributed by atoms with E-state index < -0.39 is 0 Å². The first-order chi connectivity index (χ1) is 9.88. The van der Waals surface area contributed by atoms with Gasteiger partial charge in [0.15, 0.2) is 0 Å². The molecular formula is C18H22N2. The van der Waals surface area contributed by atoms with Crippen molar-refractivity contribution in [2.45, 2.75) is 12.8 Å². The number of benzene rings is 2. The fourth-order valence-corrected chi connectivity index (χ4v) is 2.98. The molecule has 2 N–H and O–H groups in total. The van der Waals surface area contributed by atoms with E-state index in [2.05, 4.69) is 53.4 Å². The topological polar surface area (TPSA) is 29.3 Å². The first kappa shape index (κ1) is 13.3. The molecule has 1 aliphatic rings. The zero-order valence-electron chi connectivity index (χ0n) is 11.9. The van der Waals surface area contributed by atoms with Gasteiger partial charge in [-0.15, -0.1) is 0 Å². The van der Waals surface area contributed by atoms with E-state index in [1.165, 1.54) is 21.9 Å². The largest absolute Gasteiger partial charge is 0.330 e. The normalized spacial score (nSPS) is 16.4. The maximum Gasteiger partial charge on any atom is 0.0169 e. The van der Waals surface area contributed by atoms with Crippen molar-refractivity contribution in [3.63, 3.8) is 0 Å². The maximum atomic E-state index is 5.58. The van der Waals surface area contributed by atoms with Gasteiger partial charge >= 0.3 is 0 Å². The van der Waals surface area contributed by atoms with Crippen molar-refractivity contribution in [3.8, 4) is 0 Å². The monoisotopic (exact) mass is 266 g/mol. The van der Waals surface area contributed by atoms with Gasteiger partial charge in [0, 0.05) is 13.1 Å². The van der Waals surface area contributed by atoms with Gasteiger partial charge in [0.25, 0.3) is 0 Å². The molecule has 0 unspecified atom stereocenters. The summed E-state index contributed by atoms with van der Waals surface area (Å²) in [4.78, 5) is 2.49. The predicted octanol–water partition coefficient (Wildman–Crippen LogP) is 3.28. The van der Waals surface area contributed by atoms with Crippen molar-refractivity contribution in [3.05, 3.63) is 54.1 Å². The average molecular weight is 266 g/mol. The zero-order valence-corrected chi connectivity index (χ0v) is 11.9. The van der Waals surface area contributed by atoms with E-state index in [0.717, 1.165) is 39.0 Å². The summed E-state index contributed by atoms with van der Waals surface area (Å²) in [6.45, 7) is 4.11. The lowest BCUT2D eigenvalue weighted by Gasteiger charge is -2.26. The molecule has 2 heteroatoms. The van der Waals surface area contributed by atoms with Gasteiger partial charge in [-0.2, -0.15) is 0 Å². The summed E-state index contributed by atoms with van der Waals surface area (Å²) >= 11 is 0. The van der Waals surface area contributed by atoms with Crippen LogP contribution in [0, 0.1) is 0 Å². The molecule has 1 heterocycles. The highest BCUT2D eigenvalue weighted by molar-refractivity contribution is 5.94. The van der Waals surface area contributed by atoms with Crippen molar-refractivity contribution in [1.82, 2.24) is 4.90 Å². The fraction of sp³-hybridized carbons (Fsp3) is 0.333. The molecule has 3 rings (SSSR count). The lowest BCUT2D eigenvalue weighted by Crippen LogP contribution is -2.30. The third kappa shape index (κ3) is 2.77. The van der Waals surface area contributed by atoms with Gasteiger partial charge in [0.05, 0.1) is 0 Å². The Morgan fingerprint density at radius 2 is 1.90 bits per heavy atom. The van der Waals surface area contributed by atoms with Crippen LogP contribution in [0.25, 0.3) is 16.3 Å². The number of hydrogen-bond donors (Lipinski definition) is 1. The van der Waals surface area contributed by atoms with E-state index in [-0.39, 0.29) is 0 Å². The summed E-state index contributed by atoms with van der Waals surface area (Å²) in [5, 5.41) is 2.70. The minimum absolute atomic E-state index is 0.788. The molecule has 0 fully saturated rings. The Kier molecular flexibility index (Phi) is 4.14. The molecule has 1 aliphatic heterocycles. The van der Waals surface area contributed by atoms with E-state index >= 15 is 0 Å². The van der Waals surface area contributed by atoms with Crippen LogP contribution >= 0.6 is 0 Å². The summed E-state index contributed by atoms with van der Waals surface area (Å²) in [5.41, 5.74) is 8.48. The van der Waals surface area contributed by atoms with Gasteiger partial charge in [-0.3, -0.25) is 4.90 Å². The molecule has 0 bridgehead atoms. The van der Waals surface area contributed by atoms with Crippen LogP contribution in [-0.2, 0) is 0 Å². The van der Waals surface area contributed by atoms with Crippen molar-refractivity contribution in [2.24, 2.45) is 5.73 Å². The molecule has 0 saturated carbocycles. The summed E-state index contributed by atoms with van der Waals surface area (Å²) in [6.07, 6.45) is 4.62. The molecule has 2 aromatic rings. The molecule has 0 aliphatic carbocycles. The van der Waals surface area contributed by atoms with Gasteiger partial charge in [0.2, 0.25) is 0 Å². The second kappa shape index (κ2) is 6.21. The number of rotatable bonds is 4. The van der Waals surface area contributed by atoms with E-state index in [0.29, 0.717) is 0 Å². The van der Waals surface area contributed by atoms with Gasteiger partial charge < -0.3 is 5.73 Å². The Balaban J connectivity index is 1.84. The van der Waals surface area contributed by atoms with Crippen molar-refractivity contribution < 1.29 is 0 Å². The highest BCUT2D eigenvalue weighted by Gasteiger charge is 2.13. The van der Waals surface area contributed by atoms with Crippen molar-refractivity contribution in [2.75, 3.05) is 26.2 Å². The maximum absolute atomic E-state index is 5.58. The van der Waals surface area contributed by atoms with Crippen molar-refractivity contribution >= 4 is 16.3 Å². The molecular weight excluding hydrogens is 244 g/mol. The molecule has 2 nitrogen and oxygen atoms in total. The van der Waals surface area contributed by atoms with Gasteiger partial charge in [-0.1, -0.05) is 48.5 Å². The lowest BCUT2D eigenvalue weighted by molar-refractivity contribution is 0.300. The molecule has 0 spiro atoms. The van der Waals surface area contributed by atoms with Gasteiger partial charge in [0.1, 0.15) is 0 Å². The quantitative estimate of drug-likeness (QED) is 0.920. The van der Waals surface area contributed by atoms with E-state index in [1.807, 2.05) is 0 Å². The first-order valence-electron chi connectivity index (χ1n) is 7.48. The highest BCUT2D eigenvalue weighted by atomic mass is 15.1. The molecule has 0 aromatic heterocycles. The van der Waals surface area contributed by atoms with Gasteiger partial charge in [-0.25, -0.2) is 0 Å². The summed E-state index contributed by atoms with van der Waals surface area (Å²) in [6, 6.07) is 15.3. The third-order valence-electron chi connectivity index (χ3n) is 4.11. The Labute approximate surface area is 120 Å². The molecule has 2 aromatic carbocycles. The summed E-state index contributed by atoms with van der Waals surface area (Å²) < 4.78 is 0. The van der Waals surface area contributed by atoms with Crippen LogP contribution in [0.15, 0.2) is 48.5 Å². The molecule has 0 amide bonds. The fourth-order valence-electron chi connectivity index (χ4n) is 2.98. The summed E-state index contributed by atoms with van der Waals surface area (Å²) in [5.74, 6) is 0. The average Bonchev–Trinajstić information content (AvgIpc) is 2.53.